The summed E-state index contributed by atoms with van der Waals surface area (Å²) >= 11 is 0. The highest BCUT2D eigenvalue weighted by atomic mass is 127. The lowest BCUT2D eigenvalue weighted by Crippen LogP contribution is -2.29. The van der Waals surface area contributed by atoms with Gasteiger partial charge in [-0.3, -0.25) is 4.99 Å². The highest BCUT2D eigenvalue weighted by molar-refractivity contribution is 14.0. The van der Waals surface area contributed by atoms with Gasteiger partial charge in [-0.25, -0.2) is 0 Å². The van der Waals surface area contributed by atoms with Crippen LogP contribution in [0.4, 0.5) is 5.69 Å². The number of anilines is 1. The molecule has 1 heterocycles. The number of fused-ring (bicyclic) bond motifs is 1. The molecular weight excluding hydrogens is 429 g/mol. The molecule has 1 unspecified atom stereocenters. The molecule has 0 aromatic heterocycles. The third kappa shape index (κ3) is 4.28. The monoisotopic (exact) mass is 457 g/mol. The highest BCUT2D eigenvalue weighted by Gasteiger charge is 2.43. The SMILES string of the molecule is I.NC(=NCC1COC2(CCCC2)O1)Nc1cccc2c1CCCC2. The van der Waals surface area contributed by atoms with E-state index in [9.17, 15) is 0 Å². The minimum atomic E-state index is -0.319. The van der Waals surface area contributed by atoms with Gasteiger partial charge < -0.3 is 20.5 Å². The number of hydrogen-bond acceptors (Lipinski definition) is 3. The maximum Gasteiger partial charge on any atom is 0.193 e. The molecule has 0 amide bonds. The number of nitrogens with one attached hydrogen (secondary N) is 1. The Morgan fingerprint density at radius 2 is 2.00 bits per heavy atom. The lowest BCUT2D eigenvalue weighted by Gasteiger charge is -2.21. The van der Waals surface area contributed by atoms with Gasteiger partial charge >= 0.3 is 0 Å². The van der Waals surface area contributed by atoms with Crippen molar-refractivity contribution in [1.82, 2.24) is 0 Å². The van der Waals surface area contributed by atoms with Gasteiger partial charge in [-0.2, -0.15) is 0 Å². The predicted octanol–water partition coefficient (Wildman–Crippen LogP) is 3.60. The van der Waals surface area contributed by atoms with Crippen LogP contribution in [0.3, 0.4) is 0 Å². The van der Waals surface area contributed by atoms with Gasteiger partial charge in [-0.1, -0.05) is 12.1 Å². The highest BCUT2D eigenvalue weighted by Crippen LogP contribution is 2.39. The average molecular weight is 457 g/mol. The van der Waals surface area contributed by atoms with Crippen LogP contribution in [0.5, 0.6) is 0 Å². The van der Waals surface area contributed by atoms with Gasteiger partial charge in [-0.05, 0) is 55.7 Å². The van der Waals surface area contributed by atoms with Gasteiger partial charge in [-0.15, -0.1) is 24.0 Å². The molecule has 2 aliphatic carbocycles. The van der Waals surface area contributed by atoms with E-state index in [0.29, 0.717) is 19.1 Å². The fourth-order valence-corrected chi connectivity index (χ4v) is 4.16. The largest absolute Gasteiger partial charge is 0.370 e. The van der Waals surface area contributed by atoms with E-state index >= 15 is 0 Å². The average Bonchev–Trinajstić information content (AvgIpc) is 3.23. The second-order valence-corrected chi connectivity index (χ2v) is 7.17. The third-order valence-electron chi connectivity index (χ3n) is 5.40. The van der Waals surface area contributed by atoms with Crippen LogP contribution in [0.15, 0.2) is 23.2 Å². The van der Waals surface area contributed by atoms with Gasteiger partial charge in [0.05, 0.1) is 13.2 Å². The molecule has 1 saturated heterocycles. The standard InChI is InChI=1S/C19H27N3O2.HI/c20-18(21-12-15-13-23-19(24-15)10-3-4-11-19)22-17-9-5-7-14-6-1-2-8-16(14)17;/h5,7,9,15H,1-4,6,8,10-13H2,(H3,20,21,22);1H. The van der Waals surface area contributed by atoms with E-state index in [1.807, 2.05) is 0 Å². The van der Waals surface area contributed by atoms with Crippen molar-refractivity contribution in [3.05, 3.63) is 29.3 Å². The molecule has 1 aromatic carbocycles. The van der Waals surface area contributed by atoms with E-state index < -0.39 is 0 Å². The van der Waals surface area contributed by atoms with E-state index in [0.717, 1.165) is 31.4 Å². The quantitative estimate of drug-likeness (QED) is 0.414. The molecule has 1 aromatic rings. The number of hydrogen-bond donors (Lipinski definition) is 2. The molecule has 1 saturated carbocycles. The van der Waals surface area contributed by atoms with Crippen molar-refractivity contribution < 1.29 is 9.47 Å². The molecule has 6 heteroatoms. The van der Waals surface area contributed by atoms with Gasteiger partial charge in [0.15, 0.2) is 11.7 Å². The fraction of sp³-hybridized carbons (Fsp3) is 0.632. The van der Waals surface area contributed by atoms with Crippen LogP contribution in [0.1, 0.15) is 49.7 Å². The van der Waals surface area contributed by atoms with Crippen molar-refractivity contribution in [3.8, 4) is 0 Å². The van der Waals surface area contributed by atoms with Crippen LogP contribution in [0.2, 0.25) is 0 Å². The first-order valence-corrected chi connectivity index (χ1v) is 9.24. The number of halogens is 1. The maximum atomic E-state index is 6.10. The Labute approximate surface area is 166 Å². The minimum absolute atomic E-state index is 0. The van der Waals surface area contributed by atoms with Gasteiger partial charge in [0, 0.05) is 18.5 Å². The summed E-state index contributed by atoms with van der Waals surface area (Å²) in [7, 11) is 0. The normalized spacial score (nSPS) is 24.8. The van der Waals surface area contributed by atoms with E-state index in [-0.39, 0.29) is 35.9 Å². The van der Waals surface area contributed by atoms with E-state index in [2.05, 4.69) is 28.5 Å². The molecule has 4 rings (SSSR count). The molecular formula is C19H28IN3O2. The Morgan fingerprint density at radius 1 is 1.20 bits per heavy atom. The summed E-state index contributed by atoms with van der Waals surface area (Å²) in [5, 5.41) is 3.29. The molecule has 0 bridgehead atoms. The number of aliphatic imine (C=N–C) groups is 1. The van der Waals surface area contributed by atoms with Crippen molar-refractivity contribution in [2.75, 3.05) is 18.5 Å². The molecule has 1 spiro atoms. The fourth-order valence-electron chi connectivity index (χ4n) is 4.16. The van der Waals surface area contributed by atoms with E-state index in [1.165, 1.54) is 36.8 Å². The zero-order chi connectivity index (χ0) is 16.4. The molecule has 2 fully saturated rings. The first-order valence-electron chi connectivity index (χ1n) is 9.24. The Balaban J connectivity index is 0.00000182. The number of benzene rings is 1. The summed E-state index contributed by atoms with van der Waals surface area (Å²) in [6.45, 7) is 1.17. The van der Waals surface area contributed by atoms with Crippen LogP contribution in [0.25, 0.3) is 0 Å². The Kier molecular flexibility index (Phi) is 6.22. The van der Waals surface area contributed by atoms with Crippen molar-refractivity contribution >= 4 is 35.6 Å². The summed E-state index contributed by atoms with van der Waals surface area (Å²) in [6, 6.07) is 6.41. The number of ether oxygens (including phenoxy) is 2. The summed E-state index contributed by atoms with van der Waals surface area (Å²) in [6.07, 6.45) is 9.24. The van der Waals surface area contributed by atoms with Crippen molar-refractivity contribution in [3.63, 3.8) is 0 Å². The molecule has 25 heavy (non-hydrogen) atoms. The lowest BCUT2D eigenvalue weighted by atomic mass is 9.90. The second kappa shape index (κ2) is 8.22. The first kappa shape index (κ1) is 18.9. The Bertz CT molecular complexity index is 629. The molecule has 138 valence electrons. The third-order valence-corrected chi connectivity index (χ3v) is 5.40. The second-order valence-electron chi connectivity index (χ2n) is 7.17. The molecule has 0 radical (unpaired) electrons. The maximum absolute atomic E-state index is 6.10. The number of nitrogens with two attached hydrogens (primary N) is 1. The zero-order valence-electron chi connectivity index (χ0n) is 14.6. The first-order chi connectivity index (χ1) is 11.7. The summed E-state index contributed by atoms with van der Waals surface area (Å²) < 4.78 is 12.0. The molecule has 1 aliphatic heterocycles. The van der Waals surface area contributed by atoms with Gasteiger partial charge in [0.25, 0.3) is 0 Å². The molecule has 3 aliphatic rings. The number of guanidine groups is 1. The molecule has 5 nitrogen and oxygen atoms in total. The van der Waals surface area contributed by atoms with Crippen LogP contribution >= 0.6 is 24.0 Å². The van der Waals surface area contributed by atoms with Gasteiger partial charge in [0.2, 0.25) is 0 Å². The number of aryl methyl sites for hydroxylation is 1. The summed E-state index contributed by atoms with van der Waals surface area (Å²) in [4.78, 5) is 4.48. The topological polar surface area (TPSA) is 68.9 Å². The predicted molar refractivity (Wildman–Crippen MR) is 111 cm³/mol. The van der Waals surface area contributed by atoms with Crippen LogP contribution in [0, 0.1) is 0 Å². The van der Waals surface area contributed by atoms with Gasteiger partial charge in [0.1, 0.15) is 6.10 Å². The lowest BCUT2D eigenvalue weighted by molar-refractivity contribution is -0.160. The number of nitrogens with zero attached hydrogens (tertiary/aromatic N) is 1. The molecule has 1 atom stereocenters. The summed E-state index contributed by atoms with van der Waals surface area (Å²) in [5.41, 5.74) is 10.0. The van der Waals surface area contributed by atoms with Crippen molar-refractivity contribution in [2.45, 2.75) is 63.3 Å². The zero-order valence-corrected chi connectivity index (χ0v) is 17.0. The molecule has 3 N–H and O–H groups in total. The summed E-state index contributed by atoms with van der Waals surface area (Å²) in [5.74, 6) is 0.144. The van der Waals surface area contributed by atoms with Crippen LogP contribution in [-0.4, -0.2) is 31.0 Å². The van der Waals surface area contributed by atoms with Crippen molar-refractivity contribution in [2.24, 2.45) is 10.7 Å². The van der Waals surface area contributed by atoms with Crippen molar-refractivity contribution in [1.29, 1.82) is 0 Å². The van der Waals surface area contributed by atoms with E-state index in [4.69, 9.17) is 15.2 Å². The minimum Gasteiger partial charge on any atom is -0.370 e. The van der Waals surface area contributed by atoms with E-state index in [1.54, 1.807) is 0 Å². The Morgan fingerprint density at radius 3 is 2.84 bits per heavy atom. The Hall–Kier alpha value is -0.860. The van der Waals surface area contributed by atoms with Crippen LogP contribution < -0.4 is 11.1 Å². The number of rotatable bonds is 3. The van der Waals surface area contributed by atoms with Crippen LogP contribution in [-0.2, 0) is 22.3 Å². The smallest absolute Gasteiger partial charge is 0.193 e.